The minimum absolute atomic E-state index is 0.184. The first kappa shape index (κ1) is 13.3. The number of hydrogen-bond donors (Lipinski definition) is 1. The van der Waals surface area contributed by atoms with Crippen LogP contribution in [0.4, 0.5) is 4.79 Å². The van der Waals surface area contributed by atoms with E-state index in [-0.39, 0.29) is 11.9 Å². The number of carbonyl (C=O) groups is 2. The van der Waals surface area contributed by atoms with Crippen molar-refractivity contribution in [2.24, 2.45) is 0 Å². The first-order valence-electron chi connectivity index (χ1n) is 5.47. The molecule has 5 nitrogen and oxygen atoms in total. The van der Waals surface area contributed by atoms with Gasteiger partial charge in [0.15, 0.2) is 0 Å². The summed E-state index contributed by atoms with van der Waals surface area (Å²) in [5.74, 6) is -0.631. The van der Waals surface area contributed by atoms with Crippen molar-refractivity contribution in [3.05, 3.63) is 0 Å². The molecule has 0 spiro atoms. The zero-order valence-electron chi connectivity index (χ0n) is 9.70. The van der Waals surface area contributed by atoms with Gasteiger partial charge in [0.1, 0.15) is 5.88 Å². The van der Waals surface area contributed by atoms with Crippen molar-refractivity contribution in [3.63, 3.8) is 0 Å². The number of halogens is 1. The number of nitrogens with one attached hydrogen (secondary N) is 1. The molecule has 0 aromatic heterocycles. The summed E-state index contributed by atoms with van der Waals surface area (Å²) < 4.78 is 0. The highest BCUT2D eigenvalue weighted by Gasteiger charge is 2.26. The number of nitrogens with zero attached hydrogens (tertiary/aromatic N) is 2. The first-order chi connectivity index (χ1) is 7.58. The summed E-state index contributed by atoms with van der Waals surface area (Å²) >= 11 is 5.32. The maximum absolute atomic E-state index is 11.6. The van der Waals surface area contributed by atoms with Crippen molar-refractivity contribution in [1.29, 1.82) is 0 Å². The van der Waals surface area contributed by atoms with E-state index < -0.39 is 5.91 Å². The van der Waals surface area contributed by atoms with Crippen LogP contribution in [-0.4, -0.2) is 59.8 Å². The number of urea groups is 1. The highest BCUT2D eigenvalue weighted by Crippen LogP contribution is 2.08. The van der Waals surface area contributed by atoms with Gasteiger partial charge in [0, 0.05) is 25.7 Å². The zero-order valence-corrected chi connectivity index (χ0v) is 10.5. The first-order valence-corrected chi connectivity index (χ1v) is 6.00. The molecule has 92 valence electrons. The molecule has 1 N–H and O–H groups in total. The third-order valence-electron chi connectivity index (χ3n) is 2.83. The molecule has 0 radical (unpaired) electrons. The second-order valence-electron chi connectivity index (χ2n) is 3.91. The van der Waals surface area contributed by atoms with Gasteiger partial charge in [-0.15, -0.1) is 11.6 Å². The smallest absolute Gasteiger partial charge is 0.322 e. The van der Waals surface area contributed by atoms with Crippen LogP contribution in [0.3, 0.4) is 0 Å². The topological polar surface area (TPSA) is 52.6 Å². The standard InChI is InChI=1S/C10H18ClN3O2/c1-3-13-4-5-14(7-8(13)2)10(16)12-9(15)6-11/h8H,3-7H2,1-2H3,(H,12,15,16). The molecule has 0 saturated carbocycles. The highest BCUT2D eigenvalue weighted by molar-refractivity contribution is 6.28. The minimum Gasteiger partial charge on any atom is -0.322 e. The number of likely N-dealkylation sites (N-methyl/N-ethyl adjacent to an activating group) is 1. The van der Waals surface area contributed by atoms with Crippen molar-refractivity contribution < 1.29 is 9.59 Å². The predicted molar refractivity (Wildman–Crippen MR) is 62.5 cm³/mol. The van der Waals surface area contributed by atoms with Crippen molar-refractivity contribution in [2.75, 3.05) is 32.1 Å². The van der Waals surface area contributed by atoms with Gasteiger partial charge in [0.05, 0.1) is 0 Å². The molecule has 1 aliphatic heterocycles. The molecule has 0 aromatic carbocycles. The summed E-state index contributed by atoms with van der Waals surface area (Å²) in [6, 6.07) is -0.0103. The lowest BCUT2D eigenvalue weighted by atomic mass is 10.2. The van der Waals surface area contributed by atoms with Gasteiger partial charge in [-0.25, -0.2) is 4.79 Å². The molecule has 1 unspecified atom stereocenters. The lowest BCUT2D eigenvalue weighted by Crippen LogP contribution is -2.56. The van der Waals surface area contributed by atoms with E-state index >= 15 is 0 Å². The molecule has 0 aliphatic carbocycles. The number of amides is 3. The van der Waals surface area contributed by atoms with Crippen molar-refractivity contribution in [2.45, 2.75) is 19.9 Å². The van der Waals surface area contributed by atoms with Crippen LogP contribution in [0.25, 0.3) is 0 Å². The molecule has 1 atom stereocenters. The number of carbonyl (C=O) groups excluding carboxylic acids is 2. The Morgan fingerprint density at radius 3 is 2.62 bits per heavy atom. The summed E-state index contributed by atoms with van der Waals surface area (Å²) in [7, 11) is 0. The van der Waals surface area contributed by atoms with E-state index in [4.69, 9.17) is 11.6 Å². The van der Waals surface area contributed by atoms with Gasteiger partial charge in [-0.1, -0.05) is 6.92 Å². The molecule has 3 amide bonds. The molecule has 0 bridgehead atoms. The van der Waals surface area contributed by atoms with Gasteiger partial charge in [-0.05, 0) is 13.5 Å². The Morgan fingerprint density at radius 2 is 2.12 bits per heavy atom. The lowest BCUT2D eigenvalue weighted by Gasteiger charge is -2.39. The van der Waals surface area contributed by atoms with Gasteiger partial charge in [-0.3, -0.25) is 15.0 Å². The number of piperazine rings is 1. The Bertz CT molecular complexity index is 273. The fraction of sp³-hybridized carbons (Fsp3) is 0.800. The second kappa shape index (κ2) is 6.06. The van der Waals surface area contributed by atoms with Crippen LogP contribution in [-0.2, 0) is 4.79 Å². The molecular formula is C10H18ClN3O2. The average Bonchev–Trinajstić information content (AvgIpc) is 2.28. The fourth-order valence-electron chi connectivity index (χ4n) is 1.88. The molecule has 1 aliphatic rings. The largest absolute Gasteiger partial charge is 0.324 e. The molecule has 0 aromatic rings. The zero-order chi connectivity index (χ0) is 12.1. The van der Waals surface area contributed by atoms with Crippen LogP contribution >= 0.6 is 11.6 Å². The molecular weight excluding hydrogens is 230 g/mol. The summed E-state index contributed by atoms with van der Waals surface area (Å²) in [6.45, 7) is 7.31. The summed E-state index contributed by atoms with van der Waals surface area (Å²) in [6.07, 6.45) is 0. The Balaban J connectivity index is 2.45. The van der Waals surface area contributed by atoms with E-state index in [1.54, 1.807) is 4.90 Å². The number of hydrogen-bond acceptors (Lipinski definition) is 3. The van der Waals surface area contributed by atoms with Crippen LogP contribution < -0.4 is 5.32 Å². The van der Waals surface area contributed by atoms with Crippen LogP contribution in [0.2, 0.25) is 0 Å². The van der Waals surface area contributed by atoms with Crippen LogP contribution in [0, 0.1) is 0 Å². The maximum Gasteiger partial charge on any atom is 0.324 e. The Hall–Kier alpha value is -0.810. The van der Waals surface area contributed by atoms with Crippen molar-refractivity contribution in [3.8, 4) is 0 Å². The molecule has 16 heavy (non-hydrogen) atoms. The Labute approximate surface area is 101 Å². The molecule has 1 rings (SSSR count). The minimum atomic E-state index is -0.447. The average molecular weight is 248 g/mol. The number of alkyl halides is 1. The van der Waals surface area contributed by atoms with E-state index in [9.17, 15) is 9.59 Å². The highest BCUT2D eigenvalue weighted by atomic mass is 35.5. The van der Waals surface area contributed by atoms with Crippen LogP contribution in [0.15, 0.2) is 0 Å². The molecule has 1 fully saturated rings. The summed E-state index contributed by atoms with van der Waals surface area (Å²) in [5, 5.41) is 2.25. The van der Waals surface area contributed by atoms with E-state index in [1.807, 2.05) is 0 Å². The summed E-state index contributed by atoms with van der Waals surface area (Å²) in [4.78, 5) is 26.5. The van der Waals surface area contributed by atoms with Gasteiger partial charge >= 0.3 is 6.03 Å². The third kappa shape index (κ3) is 3.35. The second-order valence-corrected chi connectivity index (χ2v) is 4.18. The monoisotopic (exact) mass is 247 g/mol. The van der Waals surface area contributed by atoms with Gasteiger partial charge < -0.3 is 4.90 Å². The Morgan fingerprint density at radius 1 is 1.44 bits per heavy atom. The predicted octanol–water partition coefficient (Wildman–Crippen LogP) is 0.487. The third-order valence-corrected chi connectivity index (χ3v) is 3.07. The quantitative estimate of drug-likeness (QED) is 0.723. The van der Waals surface area contributed by atoms with Crippen molar-refractivity contribution >= 4 is 23.5 Å². The van der Waals surface area contributed by atoms with E-state index in [0.29, 0.717) is 19.1 Å². The molecule has 6 heteroatoms. The summed E-state index contributed by atoms with van der Waals surface area (Å²) in [5.41, 5.74) is 0. The van der Waals surface area contributed by atoms with Gasteiger partial charge in [0.25, 0.3) is 0 Å². The number of rotatable bonds is 2. The molecule has 1 saturated heterocycles. The number of imide groups is 1. The molecule has 1 heterocycles. The fourth-order valence-corrected chi connectivity index (χ4v) is 1.95. The normalized spacial score (nSPS) is 21.9. The van der Waals surface area contributed by atoms with Gasteiger partial charge in [0.2, 0.25) is 5.91 Å². The maximum atomic E-state index is 11.6. The lowest BCUT2D eigenvalue weighted by molar-refractivity contribution is -0.117. The van der Waals surface area contributed by atoms with Crippen molar-refractivity contribution in [1.82, 2.24) is 15.1 Å². The SMILES string of the molecule is CCN1CCN(C(=O)NC(=O)CCl)CC1C. The van der Waals surface area contributed by atoms with Crippen LogP contribution in [0.5, 0.6) is 0 Å². The Kier molecular flexibility index (Phi) is 5.02. The van der Waals surface area contributed by atoms with Crippen LogP contribution in [0.1, 0.15) is 13.8 Å². The van der Waals surface area contributed by atoms with E-state index in [1.165, 1.54) is 0 Å². The van der Waals surface area contributed by atoms with E-state index in [0.717, 1.165) is 13.1 Å². The van der Waals surface area contributed by atoms with Gasteiger partial charge in [-0.2, -0.15) is 0 Å². The van der Waals surface area contributed by atoms with E-state index in [2.05, 4.69) is 24.1 Å².